The molecule has 0 amide bonds. The first-order valence-corrected chi connectivity index (χ1v) is 5.15. The van der Waals surface area contributed by atoms with Crippen molar-refractivity contribution >= 4 is 0 Å². The Morgan fingerprint density at radius 3 is 2.86 bits per heavy atom. The van der Waals surface area contributed by atoms with E-state index in [1.54, 1.807) is 0 Å². The average Bonchev–Trinajstić information content (AvgIpc) is 2.76. The molecule has 0 spiro atoms. The molecule has 0 radical (unpaired) electrons. The van der Waals surface area contributed by atoms with Crippen LogP contribution in [0.4, 0.5) is 0 Å². The summed E-state index contributed by atoms with van der Waals surface area (Å²) >= 11 is 0. The van der Waals surface area contributed by atoms with Crippen molar-refractivity contribution in [3.8, 4) is 0 Å². The lowest BCUT2D eigenvalue weighted by Gasteiger charge is -2.03. The van der Waals surface area contributed by atoms with Gasteiger partial charge in [-0.25, -0.2) is 9.97 Å². The standard InChI is InChI=1S/C11H17N3/c1-11(2)7-9(11)10-13-6-4-8(14-10)3-5-12/h4,6,9H,3,5,7,12H2,1-2H3. The van der Waals surface area contributed by atoms with Crippen LogP contribution in [0.25, 0.3) is 0 Å². The molecular formula is C11H17N3. The monoisotopic (exact) mass is 191 g/mol. The summed E-state index contributed by atoms with van der Waals surface area (Å²) in [6.45, 7) is 5.18. The highest BCUT2D eigenvalue weighted by Crippen LogP contribution is 2.57. The molecule has 1 aliphatic rings. The lowest BCUT2D eigenvalue weighted by molar-refractivity contribution is 0.606. The van der Waals surface area contributed by atoms with Gasteiger partial charge >= 0.3 is 0 Å². The predicted octanol–water partition coefficient (Wildman–Crippen LogP) is 1.49. The SMILES string of the molecule is CC1(C)CC1c1nccc(CCN)n1. The molecular weight excluding hydrogens is 174 g/mol. The van der Waals surface area contributed by atoms with Gasteiger partial charge in [0.05, 0.1) is 0 Å². The number of nitrogens with two attached hydrogens (primary N) is 1. The third-order valence-electron chi connectivity index (χ3n) is 2.96. The van der Waals surface area contributed by atoms with Crippen molar-refractivity contribution in [2.75, 3.05) is 6.54 Å². The topological polar surface area (TPSA) is 51.8 Å². The Labute approximate surface area is 84.8 Å². The molecule has 3 heteroatoms. The Morgan fingerprint density at radius 1 is 1.57 bits per heavy atom. The zero-order valence-electron chi connectivity index (χ0n) is 8.83. The van der Waals surface area contributed by atoms with Crippen LogP contribution in [0.2, 0.25) is 0 Å². The lowest BCUT2D eigenvalue weighted by Crippen LogP contribution is -2.06. The van der Waals surface area contributed by atoms with Crippen LogP contribution in [0.1, 0.15) is 37.7 Å². The summed E-state index contributed by atoms with van der Waals surface area (Å²) in [5.41, 5.74) is 6.97. The summed E-state index contributed by atoms with van der Waals surface area (Å²) in [4.78, 5) is 8.86. The highest BCUT2D eigenvalue weighted by molar-refractivity contribution is 5.17. The minimum absolute atomic E-state index is 0.404. The van der Waals surface area contributed by atoms with Gasteiger partial charge in [-0.15, -0.1) is 0 Å². The van der Waals surface area contributed by atoms with Crippen molar-refractivity contribution in [2.24, 2.45) is 11.1 Å². The van der Waals surface area contributed by atoms with E-state index in [4.69, 9.17) is 5.73 Å². The molecule has 0 aliphatic heterocycles. The van der Waals surface area contributed by atoms with Crippen LogP contribution in [0.15, 0.2) is 12.3 Å². The Bertz CT molecular complexity index is 333. The normalized spacial score (nSPS) is 23.5. The number of nitrogens with zero attached hydrogens (tertiary/aromatic N) is 2. The van der Waals surface area contributed by atoms with Gasteiger partial charge in [-0.05, 0) is 24.4 Å². The fourth-order valence-electron chi connectivity index (χ4n) is 1.78. The minimum Gasteiger partial charge on any atom is -0.330 e. The second kappa shape index (κ2) is 3.31. The minimum atomic E-state index is 0.404. The number of hydrogen-bond donors (Lipinski definition) is 1. The molecule has 1 atom stereocenters. The van der Waals surface area contributed by atoms with Crippen LogP contribution in [-0.2, 0) is 6.42 Å². The van der Waals surface area contributed by atoms with Gasteiger partial charge in [0.1, 0.15) is 5.82 Å². The molecule has 3 nitrogen and oxygen atoms in total. The van der Waals surface area contributed by atoms with E-state index in [0.717, 1.165) is 17.9 Å². The summed E-state index contributed by atoms with van der Waals surface area (Å²) in [6, 6.07) is 1.95. The molecule has 1 aliphatic carbocycles. The van der Waals surface area contributed by atoms with Gasteiger partial charge in [0.25, 0.3) is 0 Å². The zero-order chi connectivity index (χ0) is 10.2. The van der Waals surface area contributed by atoms with Gasteiger partial charge in [-0.2, -0.15) is 0 Å². The van der Waals surface area contributed by atoms with Crippen molar-refractivity contribution < 1.29 is 0 Å². The first-order chi connectivity index (χ1) is 6.63. The van der Waals surface area contributed by atoms with Crippen LogP contribution in [0.3, 0.4) is 0 Å². The summed E-state index contributed by atoms with van der Waals surface area (Å²) in [5, 5.41) is 0. The second-order valence-electron chi connectivity index (χ2n) is 4.69. The van der Waals surface area contributed by atoms with Crippen LogP contribution >= 0.6 is 0 Å². The van der Waals surface area contributed by atoms with E-state index in [2.05, 4.69) is 23.8 Å². The summed E-state index contributed by atoms with van der Waals surface area (Å²) in [6.07, 6.45) is 3.91. The van der Waals surface area contributed by atoms with Crippen LogP contribution in [0.5, 0.6) is 0 Å². The first-order valence-electron chi connectivity index (χ1n) is 5.15. The molecule has 2 N–H and O–H groups in total. The fourth-order valence-corrected chi connectivity index (χ4v) is 1.78. The fraction of sp³-hybridized carbons (Fsp3) is 0.636. The van der Waals surface area contributed by atoms with Gasteiger partial charge in [0.15, 0.2) is 0 Å². The Hall–Kier alpha value is -0.960. The number of aromatic nitrogens is 2. The highest BCUT2D eigenvalue weighted by atomic mass is 14.9. The summed E-state index contributed by atoms with van der Waals surface area (Å²) < 4.78 is 0. The zero-order valence-corrected chi connectivity index (χ0v) is 8.83. The predicted molar refractivity (Wildman–Crippen MR) is 55.9 cm³/mol. The Morgan fingerprint density at radius 2 is 2.29 bits per heavy atom. The smallest absolute Gasteiger partial charge is 0.132 e. The molecule has 1 saturated carbocycles. The summed E-state index contributed by atoms with van der Waals surface area (Å²) in [5.74, 6) is 1.56. The lowest BCUT2D eigenvalue weighted by atomic mass is 10.1. The molecule has 1 aromatic heterocycles. The molecule has 2 rings (SSSR count). The summed E-state index contributed by atoms with van der Waals surface area (Å²) in [7, 11) is 0. The molecule has 14 heavy (non-hydrogen) atoms. The van der Waals surface area contributed by atoms with Crippen LogP contribution < -0.4 is 5.73 Å². The van der Waals surface area contributed by atoms with Gasteiger partial charge in [0, 0.05) is 24.2 Å². The third-order valence-corrected chi connectivity index (χ3v) is 2.96. The van der Waals surface area contributed by atoms with E-state index >= 15 is 0 Å². The van der Waals surface area contributed by atoms with E-state index in [1.807, 2.05) is 12.3 Å². The molecule has 0 saturated heterocycles. The molecule has 1 fully saturated rings. The number of rotatable bonds is 3. The quantitative estimate of drug-likeness (QED) is 0.787. The van der Waals surface area contributed by atoms with Crippen LogP contribution in [0, 0.1) is 5.41 Å². The molecule has 76 valence electrons. The Balaban J connectivity index is 2.15. The average molecular weight is 191 g/mol. The molecule has 1 heterocycles. The van der Waals surface area contributed by atoms with Gasteiger partial charge in [-0.1, -0.05) is 13.8 Å². The van der Waals surface area contributed by atoms with Crippen molar-refractivity contribution in [1.29, 1.82) is 0 Å². The maximum Gasteiger partial charge on any atom is 0.132 e. The van der Waals surface area contributed by atoms with E-state index in [0.29, 0.717) is 17.9 Å². The van der Waals surface area contributed by atoms with E-state index in [9.17, 15) is 0 Å². The molecule has 1 unspecified atom stereocenters. The maximum atomic E-state index is 5.50. The van der Waals surface area contributed by atoms with Gasteiger partial charge in [0.2, 0.25) is 0 Å². The molecule has 1 aromatic rings. The van der Waals surface area contributed by atoms with Crippen molar-refractivity contribution in [2.45, 2.75) is 32.6 Å². The largest absolute Gasteiger partial charge is 0.330 e. The van der Waals surface area contributed by atoms with E-state index in [-0.39, 0.29) is 0 Å². The Kier molecular flexibility index (Phi) is 2.27. The maximum absolute atomic E-state index is 5.50. The van der Waals surface area contributed by atoms with E-state index < -0.39 is 0 Å². The van der Waals surface area contributed by atoms with Crippen molar-refractivity contribution in [3.05, 3.63) is 23.8 Å². The van der Waals surface area contributed by atoms with Crippen molar-refractivity contribution in [1.82, 2.24) is 9.97 Å². The van der Waals surface area contributed by atoms with Gasteiger partial charge < -0.3 is 5.73 Å². The van der Waals surface area contributed by atoms with Crippen LogP contribution in [-0.4, -0.2) is 16.5 Å². The first kappa shape index (κ1) is 9.59. The second-order valence-corrected chi connectivity index (χ2v) is 4.69. The third kappa shape index (κ3) is 1.77. The van der Waals surface area contributed by atoms with E-state index in [1.165, 1.54) is 6.42 Å². The highest BCUT2D eigenvalue weighted by Gasteiger charge is 2.48. The number of hydrogen-bond acceptors (Lipinski definition) is 3. The van der Waals surface area contributed by atoms with Crippen molar-refractivity contribution in [3.63, 3.8) is 0 Å². The molecule has 0 bridgehead atoms. The molecule has 0 aromatic carbocycles. The van der Waals surface area contributed by atoms with Gasteiger partial charge in [-0.3, -0.25) is 0 Å².